The lowest BCUT2D eigenvalue weighted by atomic mass is 10.1. The maximum Gasteiger partial charge on any atom is 0.269 e. The number of imide groups is 1. The number of nitrogens with zero attached hydrogens (tertiary/aromatic N) is 2. The number of carbonyl (C=O) groups is 2. The summed E-state index contributed by atoms with van der Waals surface area (Å²) in [6, 6.07) is 5.65. The molecule has 6 nitrogen and oxygen atoms in total. The Kier molecular flexibility index (Phi) is 5.00. The molecule has 7 heteroatoms. The first-order valence-corrected chi connectivity index (χ1v) is 7.87. The van der Waals surface area contributed by atoms with Gasteiger partial charge in [-0.1, -0.05) is 19.9 Å². The lowest BCUT2D eigenvalue weighted by molar-refractivity contribution is -0.384. The Morgan fingerprint density at radius 2 is 1.87 bits per heavy atom. The molecule has 1 heterocycles. The number of hydrogen-bond acceptors (Lipinski definition) is 5. The van der Waals surface area contributed by atoms with Crippen molar-refractivity contribution in [1.82, 2.24) is 4.90 Å². The molecule has 0 aromatic heterocycles. The standard InChI is InChI=1S/C16H16N2O4S/c1-4-9-17-15(19)13(14(16(17)20)23-10(2)3)11-5-7-12(8-6-11)18(21)22/h4-8,10H,1,9H2,2-3H3. The summed E-state index contributed by atoms with van der Waals surface area (Å²) in [6.45, 7) is 7.56. The van der Waals surface area contributed by atoms with E-state index in [2.05, 4.69) is 6.58 Å². The Morgan fingerprint density at radius 1 is 1.26 bits per heavy atom. The Balaban J connectivity index is 2.50. The van der Waals surface area contributed by atoms with Crippen LogP contribution in [0.5, 0.6) is 0 Å². The van der Waals surface area contributed by atoms with Crippen LogP contribution in [0.2, 0.25) is 0 Å². The zero-order valence-electron chi connectivity index (χ0n) is 12.8. The predicted octanol–water partition coefficient (Wildman–Crippen LogP) is 3.00. The predicted molar refractivity (Wildman–Crippen MR) is 89.7 cm³/mol. The average molecular weight is 332 g/mol. The molecule has 0 atom stereocenters. The van der Waals surface area contributed by atoms with Gasteiger partial charge in [0.2, 0.25) is 0 Å². The molecule has 0 bridgehead atoms. The van der Waals surface area contributed by atoms with Gasteiger partial charge in [0.15, 0.2) is 0 Å². The second-order valence-corrected chi connectivity index (χ2v) is 6.77. The summed E-state index contributed by atoms with van der Waals surface area (Å²) in [4.78, 5) is 36.8. The first kappa shape index (κ1) is 17.0. The number of amides is 2. The van der Waals surface area contributed by atoms with E-state index in [-0.39, 0.29) is 23.4 Å². The molecule has 0 fully saturated rings. The molecular weight excluding hydrogens is 316 g/mol. The minimum atomic E-state index is -0.506. The van der Waals surface area contributed by atoms with Crippen molar-refractivity contribution in [3.05, 3.63) is 57.5 Å². The van der Waals surface area contributed by atoms with Crippen molar-refractivity contribution in [2.24, 2.45) is 0 Å². The summed E-state index contributed by atoms with van der Waals surface area (Å²) < 4.78 is 0. The van der Waals surface area contributed by atoms with Gasteiger partial charge in [0.25, 0.3) is 17.5 Å². The number of benzene rings is 1. The molecule has 1 aliphatic rings. The SMILES string of the molecule is C=CCN1C(=O)C(SC(C)C)=C(c2ccc([N+](=O)[O-])cc2)C1=O. The molecule has 23 heavy (non-hydrogen) atoms. The van der Waals surface area contributed by atoms with Gasteiger partial charge < -0.3 is 0 Å². The molecule has 0 saturated heterocycles. The van der Waals surface area contributed by atoms with Gasteiger partial charge in [-0.2, -0.15) is 0 Å². The van der Waals surface area contributed by atoms with Crippen molar-refractivity contribution >= 4 is 34.8 Å². The van der Waals surface area contributed by atoms with Crippen LogP contribution in [-0.2, 0) is 9.59 Å². The van der Waals surface area contributed by atoms with Crippen LogP contribution in [0, 0.1) is 10.1 Å². The molecule has 0 unspecified atom stereocenters. The lowest BCUT2D eigenvalue weighted by Gasteiger charge is -2.12. The van der Waals surface area contributed by atoms with E-state index in [1.54, 1.807) is 0 Å². The van der Waals surface area contributed by atoms with Gasteiger partial charge >= 0.3 is 0 Å². The number of thioether (sulfide) groups is 1. The molecule has 1 aliphatic heterocycles. The van der Waals surface area contributed by atoms with E-state index in [9.17, 15) is 19.7 Å². The Bertz CT molecular complexity index is 707. The van der Waals surface area contributed by atoms with Gasteiger partial charge in [-0.15, -0.1) is 18.3 Å². The minimum absolute atomic E-state index is 0.0628. The highest BCUT2D eigenvalue weighted by atomic mass is 32.2. The Morgan fingerprint density at radius 3 is 2.35 bits per heavy atom. The molecule has 120 valence electrons. The molecule has 0 aliphatic carbocycles. The van der Waals surface area contributed by atoms with Crippen LogP contribution >= 0.6 is 11.8 Å². The van der Waals surface area contributed by atoms with E-state index in [1.165, 1.54) is 42.1 Å². The van der Waals surface area contributed by atoms with Crippen LogP contribution in [0.15, 0.2) is 41.8 Å². The minimum Gasteiger partial charge on any atom is -0.270 e. The summed E-state index contributed by atoms with van der Waals surface area (Å²) in [5.74, 6) is -0.742. The van der Waals surface area contributed by atoms with E-state index in [1.807, 2.05) is 13.8 Å². The maximum atomic E-state index is 12.6. The zero-order chi connectivity index (χ0) is 17.1. The quantitative estimate of drug-likeness (QED) is 0.346. The second-order valence-electron chi connectivity index (χ2n) is 5.18. The van der Waals surface area contributed by atoms with Crippen molar-refractivity contribution < 1.29 is 14.5 Å². The van der Waals surface area contributed by atoms with E-state index in [4.69, 9.17) is 0 Å². The number of hydrogen-bond donors (Lipinski definition) is 0. The van der Waals surface area contributed by atoms with Gasteiger partial charge in [-0.3, -0.25) is 24.6 Å². The van der Waals surface area contributed by atoms with Crippen LogP contribution in [0.3, 0.4) is 0 Å². The second kappa shape index (κ2) is 6.78. The Labute approximate surface area is 138 Å². The maximum absolute atomic E-state index is 12.6. The van der Waals surface area contributed by atoms with Crippen molar-refractivity contribution in [2.75, 3.05) is 6.54 Å². The first-order valence-electron chi connectivity index (χ1n) is 6.99. The highest BCUT2D eigenvalue weighted by Crippen LogP contribution is 2.38. The monoisotopic (exact) mass is 332 g/mol. The number of non-ortho nitro benzene ring substituents is 1. The third-order valence-corrected chi connectivity index (χ3v) is 4.24. The third kappa shape index (κ3) is 3.34. The van der Waals surface area contributed by atoms with Gasteiger partial charge in [0.1, 0.15) is 0 Å². The molecule has 2 amide bonds. The van der Waals surface area contributed by atoms with Crippen molar-refractivity contribution in [3.8, 4) is 0 Å². The van der Waals surface area contributed by atoms with E-state index >= 15 is 0 Å². The highest BCUT2D eigenvalue weighted by Gasteiger charge is 2.38. The Hall–Kier alpha value is -2.41. The summed E-state index contributed by atoms with van der Waals surface area (Å²) in [7, 11) is 0. The number of carbonyl (C=O) groups excluding carboxylic acids is 2. The van der Waals surface area contributed by atoms with Gasteiger partial charge in [0, 0.05) is 23.9 Å². The van der Waals surface area contributed by atoms with E-state index in [0.29, 0.717) is 16.0 Å². The van der Waals surface area contributed by atoms with Crippen LogP contribution in [0.1, 0.15) is 19.4 Å². The third-order valence-electron chi connectivity index (χ3n) is 3.16. The molecule has 0 radical (unpaired) electrons. The van der Waals surface area contributed by atoms with Crippen LogP contribution in [0.4, 0.5) is 5.69 Å². The van der Waals surface area contributed by atoms with E-state index < -0.39 is 10.8 Å². The molecule has 0 spiro atoms. The largest absolute Gasteiger partial charge is 0.270 e. The highest BCUT2D eigenvalue weighted by molar-refractivity contribution is 8.04. The molecule has 2 rings (SSSR count). The number of rotatable bonds is 6. The summed E-state index contributed by atoms with van der Waals surface area (Å²) >= 11 is 1.32. The fourth-order valence-corrected chi connectivity index (χ4v) is 3.20. The van der Waals surface area contributed by atoms with Crippen molar-refractivity contribution in [3.63, 3.8) is 0 Å². The topological polar surface area (TPSA) is 80.5 Å². The molecule has 0 saturated carbocycles. The van der Waals surface area contributed by atoms with Gasteiger partial charge in [-0.05, 0) is 17.7 Å². The summed E-state index contributed by atoms with van der Waals surface area (Å²) in [6.07, 6.45) is 1.49. The molecular formula is C16H16N2O4S. The average Bonchev–Trinajstić information content (AvgIpc) is 2.72. The lowest BCUT2D eigenvalue weighted by Crippen LogP contribution is -2.31. The molecule has 1 aromatic rings. The van der Waals surface area contributed by atoms with Crippen LogP contribution in [0.25, 0.3) is 5.57 Å². The molecule has 0 N–H and O–H groups in total. The normalized spacial score (nSPS) is 14.8. The number of nitro groups is 1. The van der Waals surface area contributed by atoms with Crippen LogP contribution < -0.4 is 0 Å². The number of nitro benzene ring substituents is 1. The zero-order valence-corrected chi connectivity index (χ0v) is 13.6. The van der Waals surface area contributed by atoms with Crippen LogP contribution in [-0.4, -0.2) is 33.4 Å². The molecule has 1 aromatic carbocycles. The summed E-state index contributed by atoms with van der Waals surface area (Å²) in [5, 5.41) is 10.9. The summed E-state index contributed by atoms with van der Waals surface area (Å²) in [5.41, 5.74) is 0.737. The fourth-order valence-electron chi connectivity index (χ4n) is 2.20. The van der Waals surface area contributed by atoms with Crippen molar-refractivity contribution in [2.45, 2.75) is 19.1 Å². The first-order chi connectivity index (χ1) is 10.9. The van der Waals surface area contributed by atoms with Gasteiger partial charge in [0.05, 0.1) is 15.4 Å². The van der Waals surface area contributed by atoms with Crippen molar-refractivity contribution in [1.29, 1.82) is 0 Å². The van der Waals surface area contributed by atoms with E-state index in [0.717, 1.165) is 4.90 Å². The fraction of sp³-hybridized carbons (Fsp3) is 0.250. The smallest absolute Gasteiger partial charge is 0.269 e. The van der Waals surface area contributed by atoms with Gasteiger partial charge in [-0.25, -0.2) is 0 Å².